The van der Waals surface area contributed by atoms with Crippen molar-refractivity contribution in [2.45, 2.75) is 32.7 Å². The quantitative estimate of drug-likeness (QED) is 0.876. The van der Waals surface area contributed by atoms with Crippen LogP contribution in [-0.4, -0.2) is 9.97 Å². The molecule has 0 radical (unpaired) electrons. The standard InChI is InChI=1S/C14H19N3/c1-10(2)3-5-12(15)11-4-6-13-14(9-11)17-8-7-16-13/h4,6-10,12H,3,5,15H2,1-2H3. The lowest BCUT2D eigenvalue weighted by Gasteiger charge is -2.13. The van der Waals surface area contributed by atoms with Gasteiger partial charge in [0.2, 0.25) is 0 Å². The fourth-order valence-corrected chi connectivity index (χ4v) is 1.89. The monoisotopic (exact) mass is 229 g/mol. The van der Waals surface area contributed by atoms with Crippen LogP contribution in [-0.2, 0) is 0 Å². The van der Waals surface area contributed by atoms with Crippen LogP contribution in [0.3, 0.4) is 0 Å². The van der Waals surface area contributed by atoms with E-state index in [0.717, 1.165) is 29.4 Å². The average molecular weight is 229 g/mol. The molecule has 0 spiro atoms. The highest BCUT2D eigenvalue weighted by atomic mass is 14.8. The van der Waals surface area contributed by atoms with Crippen LogP contribution in [0.2, 0.25) is 0 Å². The van der Waals surface area contributed by atoms with Gasteiger partial charge in [-0.25, -0.2) is 0 Å². The Labute approximate surface area is 102 Å². The fourth-order valence-electron chi connectivity index (χ4n) is 1.89. The molecule has 0 aliphatic rings. The van der Waals surface area contributed by atoms with Crippen molar-refractivity contribution >= 4 is 11.0 Å². The summed E-state index contributed by atoms with van der Waals surface area (Å²) in [6.07, 6.45) is 5.59. The third kappa shape index (κ3) is 3.01. The van der Waals surface area contributed by atoms with Crippen LogP contribution in [0.5, 0.6) is 0 Å². The maximum Gasteiger partial charge on any atom is 0.0890 e. The zero-order valence-electron chi connectivity index (χ0n) is 10.4. The third-order valence-corrected chi connectivity index (χ3v) is 2.98. The van der Waals surface area contributed by atoms with E-state index in [1.807, 2.05) is 12.1 Å². The highest BCUT2D eigenvalue weighted by Crippen LogP contribution is 2.21. The van der Waals surface area contributed by atoms with E-state index in [4.69, 9.17) is 5.73 Å². The molecule has 0 saturated heterocycles. The molecule has 2 rings (SSSR count). The molecule has 1 atom stereocenters. The predicted molar refractivity (Wildman–Crippen MR) is 70.5 cm³/mol. The van der Waals surface area contributed by atoms with E-state index in [1.165, 1.54) is 0 Å². The Bertz CT molecular complexity index is 494. The molecule has 2 N–H and O–H groups in total. The first-order valence-electron chi connectivity index (χ1n) is 6.13. The second-order valence-corrected chi connectivity index (χ2v) is 4.88. The van der Waals surface area contributed by atoms with E-state index >= 15 is 0 Å². The molecule has 0 bridgehead atoms. The number of fused-ring (bicyclic) bond motifs is 1. The van der Waals surface area contributed by atoms with Crippen LogP contribution < -0.4 is 5.73 Å². The summed E-state index contributed by atoms with van der Waals surface area (Å²) in [5.41, 5.74) is 9.18. The minimum Gasteiger partial charge on any atom is -0.324 e. The molecule has 1 heterocycles. The Kier molecular flexibility index (Phi) is 3.69. The van der Waals surface area contributed by atoms with Crippen molar-refractivity contribution < 1.29 is 0 Å². The zero-order chi connectivity index (χ0) is 12.3. The minimum atomic E-state index is 0.101. The molecule has 17 heavy (non-hydrogen) atoms. The second-order valence-electron chi connectivity index (χ2n) is 4.88. The van der Waals surface area contributed by atoms with Crippen LogP contribution >= 0.6 is 0 Å². The highest BCUT2D eigenvalue weighted by Gasteiger charge is 2.08. The van der Waals surface area contributed by atoms with E-state index in [9.17, 15) is 0 Å². The van der Waals surface area contributed by atoms with Crippen molar-refractivity contribution in [3.05, 3.63) is 36.2 Å². The Morgan fingerprint density at radius 3 is 2.47 bits per heavy atom. The topological polar surface area (TPSA) is 51.8 Å². The molecule has 3 heteroatoms. The summed E-state index contributed by atoms with van der Waals surface area (Å²) in [4.78, 5) is 8.55. The molecule has 0 saturated carbocycles. The van der Waals surface area contributed by atoms with E-state index in [0.29, 0.717) is 5.92 Å². The summed E-state index contributed by atoms with van der Waals surface area (Å²) in [7, 11) is 0. The fraction of sp³-hybridized carbons (Fsp3) is 0.429. The lowest BCUT2D eigenvalue weighted by atomic mass is 9.98. The molecule has 0 aliphatic heterocycles. The predicted octanol–water partition coefficient (Wildman–Crippen LogP) is 3.07. The SMILES string of the molecule is CC(C)CCC(N)c1ccc2nccnc2c1. The lowest BCUT2D eigenvalue weighted by molar-refractivity contribution is 0.507. The summed E-state index contributed by atoms with van der Waals surface area (Å²) in [5.74, 6) is 0.696. The normalized spacial score (nSPS) is 13.2. The van der Waals surface area contributed by atoms with Crippen LogP contribution in [0.25, 0.3) is 11.0 Å². The van der Waals surface area contributed by atoms with E-state index in [-0.39, 0.29) is 6.04 Å². The van der Waals surface area contributed by atoms with E-state index in [2.05, 4.69) is 29.9 Å². The number of nitrogens with two attached hydrogens (primary N) is 1. The number of rotatable bonds is 4. The number of hydrogen-bond acceptors (Lipinski definition) is 3. The largest absolute Gasteiger partial charge is 0.324 e. The van der Waals surface area contributed by atoms with Crippen LogP contribution in [0, 0.1) is 5.92 Å². The average Bonchev–Trinajstić information content (AvgIpc) is 2.35. The van der Waals surface area contributed by atoms with Gasteiger partial charge in [-0.15, -0.1) is 0 Å². The van der Waals surface area contributed by atoms with Crippen molar-refractivity contribution in [1.82, 2.24) is 9.97 Å². The van der Waals surface area contributed by atoms with Crippen LogP contribution in [0.1, 0.15) is 38.3 Å². The Morgan fingerprint density at radius 1 is 1.06 bits per heavy atom. The van der Waals surface area contributed by atoms with Gasteiger partial charge in [-0.2, -0.15) is 0 Å². The molecular formula is C14H19N3. The summed E-state index contributed by atoms with van der Waals surface area (Å²) in [6, 6.07) is 6.20. The highest BCUT2D eigenvalue weighted by molar-refractivity contribution is 5.74. The Hall–Kier alpha value is -1.48. The van der Waals surface area contributed by atoms with Crippen LogP contribution in [0.15, 0.2) is 30.6 Å². The molecule has 1 aromatic carbocycles. The maximum atomic E-state index is 6.19. The molecule has 1 aromatic heterocycles. The van der Waals surface area contributed by atoms with Gasteiger partial charge in [-0.1, -0.05) is 19.9 Å². The summed E-state index contributed by atoms with van der Waals surface area (Å²) in [5, 5.41) is 0. The molecule has 0 amide bonds. The van der Waals surface area contributed by atoms with Crippen molar-refractivity contribution in [1.29, 1.82) is 0 Å². The number of nitrogens with zero attached hydrogens (tertiary/aromatic N) is 2. The van der Waals surface area contributed by atoms with Gasteiger partial charge in [0.1, 0.15) is 0 Å². The van der Waals surface area contributed by atoms with Crippen LogP contribution in [0.4, 0.5) is 0 Å². The van der Waals surface area contributed by atoms with Gasteiger partial charge in [0.15, 0.2) is 0 Å². The first-order valence-corrected chi connectivity index (χ1v) is 6.13. The number of hydrogen-bond donors (Lipinski definition) is 1. The first-order chi connectivity index (χ1) is 8.16. The number of aromatic nitrogens is 2. The third-order valence-electron chi connectivity index (χ3n) is 2.98. The van der Waals surface area contributed by atoms with Gasteiger partial charge >= 0.3 is 0 Å². The molecule has 1 unspecified atom stereocenters. The first kappa shape index (κ1) is 12.0. The minimum absolute atomic E-state index is 0.101. The number of benzene rings is 1. The van der Waals surface area contributed by atoms with Crippen molar-refractivity contribution in [3.8, 4) is 0 Å². The van der Waals surface area contributed by atoms with E-state index in [1.54, 1.807) is 12.4 Å². The van der Waals surface area contributed by atoms with Gasteiger partial charge in [0.25, 0.3) is 0 Å². The molecule has 90 valence electrons. The van der Waals surface area contributed by atoms with Gasteiger partial charge in [-0.3, -0.25) is 9.97 Å². The lowest BCUT2D eigenvalue weighted by Crippen LogP contribution is -2.11. The molecular weight excluding hydrogens is 210 g/mol. The van der Waals surface area contributed by atoms with Gasteiger partial charge < -0.3 is 5.73 Å². The summed E-state index contributed by atoms with van der Waals surface area (Å²) < 4.78 is 0. The molecule has 2 aromatic rings. The Morgan fingerprint density at radius 2 is 1.76 bits per heavy atom. The molecule has 3 nitrogen and oxygen atoms in total. The zero-order valence-corrected chi connectivity index (χ0v) is 10.4. The molecule has 0 aliphatic carbocycles. The smallest absolute Gasteiger partial charge is 0.0890 e. The summed E-state index contributed by atoms with van der Waals surface area (Å²) in [6.45, 7) is 4.44. The Balaban J connectivity index is 2.18. The van der Waals surface area contributed by atoms with Gasteiger partial charge in [-0.05, 0) is 36.5 Å². The van der Waals surface area contributed by atoms with Crippen molar-refractivity contribution in [3.63, 3.8) is 0 Å². The second kappa shape index (κ2) is 5.23. The maximum absolute atomic E-state index is 6.19. The summed E-state index contributed by atoms with van der Waals surface area (Å²) >= 11 is 0. The van der Waals surface area contributed by atoms with Crippen molar-refractivity contribution in [2.75, 3.05) is 0 Å². The van der Waals surface area contributed by atoms with Crippen molar-refractivity contribution in [2.24, 2.45) is 11.7 Å². The van der Waals surface area contributed by atoms with E-state index < -0.39 is 0 Å². The van der Waals surface area contributed by atoms with Gasteiger partial charge in [0.05, 0.1) is 11.0 Å². The van der Waals surface area contributed by atoms with Gasteiger partial charge in [0, 0.05) is 18.4 Å². The molecule has 0 fully saturated rings.